The summed E-state index contributed by atoms with van der Waals surface area (Å²) in [5.74, 6) is 0.842. The molecule has 0 spiro atoms. The first kappa shape index (κ1) is 21.2. The fourth-order valence-electron chi connectivity index (χ4n) is 1.99. The Bertz CT molecular complexity index is 444. The van der Waals surface area contributed by atoms with E-state index in [1.54, 1.807) is 7.11 Å². The van der Waals surface area contributed by atoms with Crippen molar-refractivity contribution in [2.45, 2.75) is 33.1 Å². The third-order valence-corrected chi connectivity index (χ3v) is 3.41. The summed E-state index contributed by atoms with van der Waals surface area (Å²) in [4.78, 5) is 4.69. The number of hydrogen-bond donors (Lipinski definition) is 2. The van der Waals surface area contributed by atoms with Crippen LogP contribution in [0.3, 0.4) is 0 Å². The monoisotopic (exact) mass is 419 g/mol. The zero-order chi connectivity index (χ0) is 15.7. The van der Waals surface area contributed by atoms with E-state index in [-0.39, 0.29) is 29.4 Å². The van der Waals surface area contributed by atoms with Gasteiger partial charge in [0.05, 0.1) is 13.2 Å². The number of rotatable bonds is 7. The van der Waals surface area contributed by atoms with Crippen LogP contribution < -0.4 is 10.6 Å². The molecule has 1 aromatic rings. The average molecular weight is 419 g/mol. The zero-order valence-corrected chi connectivity index (χ0v) is 16.7. The van der Waals surface area contributed by atoms with Crippen molar-refractivity contribution in [1.29, 1.82) is 0 Å². The topological polar surface area (TPSA) is 45.7 Å². The quantitative estimate of drug-likeness (QED) is 0.309. The van der Waals surface area contributed by atoms with Gasteiger partial charge in [0.2, 0.25) is 0 Å². The van der Waals surface area contributed by atoms with Gasteiger partial charge in [0, 0.05) is 25.6 Å². The molecule has 0 aromatic heterocycles. The van der Waals surface area contributed by atoms with Crippen LogP contribution in [-0.4, -0.2) is 39.3 Å². The van der Waals surface area contributed by atoms with Crippen LogP contribution in [0.4, 0.5) is 0 Å². The maximum absolute atomic E-state index is 5.05. The standard InChI is InChI=1S/C17H29N3O.HI/c1-6-18-16(19-11-12-21-5)20-13-17(3,4)15-9-7-14(2)8-10-15;/h7-10H,6,11-13H2,1-5H3,(H2,18,19,20);1H. The second kappa shape index (κ2) is 10.8. The van der Waals surface area contributed by atoms with E-state index in [4.69, 9.17) is 9.73 Å². The highest BCUT2D eigenvalue weighted by atomic mass is 127. The Kier molecular flexibility index (Phi) is 10.4. The molecule has 1 aromatic carbocycles. The molecule has 0 heterocycles. The first-order chi connectivity index (χ1) is 9.99. The number of nitrogens with one attached hydrogen (secondary N) is 2. The molecule has 0 bridgehead atoms. The van der Waals surface area contributed by atoms with Crippen molar-refractivity contribution < 1.29 is 4.74 Å². The molecule has 0 radical (unpaired) electrons. The lowest BCUT2D eigenvalue weighted by Gasteiger charge is -2.24. The van der Waals surface area contributed by atoms with Gasteiger partial charge in [0.1, 0.15) is 0 Å². The van der Waals surface area contributed by atoms with E-state index in [2.05, 4.69) is 62.6 Å². The third-order valence-electron chi connectivity index (χ3n) is 3.41. The molecule has 1 rings (SSSR count). The van der Waals surface area contributed by atoms with E-state index in [0.29, 0.717) is 6.61 Å². The molecular formula is C17H30IN3O. The van der Waals surface area contributed by atoms with E-state index < -0.39 is 0 Å². The van der Waals surface area contributed by atoms with Crippen LogP contribution >= 0.6 is 24.0 Å². The molecule has 0 aliphatic carbocycles. The van der Waals surface area contributed by atoms with E-state index in [1.807, 2.05) is 0 Å². The summed E-state index contributed by atoms with van der Waals surface area (Å²) < 4.78 is 5.05. The fourth-order valence-corrected chi connectivity index (χ4v) is 1.99. The lowest BCUT2D eigenvalue weighted by atomic mass is 9.84. The first-order valence-corrected chi connectivity index (χ1v) is 7.58. The van der Waals surface area contributed by atoms with Crippen molar-refractivity contribution in [1.82, 2.24) is 10.6 Å². The van der Waals surface area contributed by atoms with Crippen LogP contribution in [0.15, 0.2) is 29.3 Å². The second-order valence-electron chi connectivity index (χ2n) is 5.86. The number of guanidine groups is 1. The highest BCUT2D eigenvalue weighted by Gasteiger charge is 2.20. The van der Waals surface area contributed by atoms with Gasteiger partial charge in [-0.1, -0.05) is 43.7 Å². The molecule has 0 amide bonds. The molecule has 0 aliphatic rings. The van der Waals surface area contributed by atoms with Crippen LogP contribution in [0.25, 0.3) is 0 Å². The van der Waals surface area contributed by atoms with Crippen molar-refractivity contribution >= 4 is 29.9 Å². The lowest BCUT2D eigenvalue weighted by Crippen LogP contribution is -2.40. The predicted octanol–water partition coefficient (Wildman–Crippen LogP) is 3.09. The normalized spacial score (nSPS) is 11.8. The number of aliphatic imine (C=N–C) groups is 1. The molecule has 0 fully saturated rings. The molecule has 0 atom stereocenters. The third kappa shape index (κ3) is 7.45. The van der Waals surface area contributed by atoms with Crippen LogP contribution in [0.5, 0.6) is 0 Å². The summed E-state index contributed by atoms with van der Waals surface area (Å²) in [5.41, 5.74) is 2.61. The summed E-state index contributed by atoms with van der Waals surface area (Å²) in [7, 11) is 1.70. The minimum atomic E-state index is 0. The van der Waals surface area contributed by atoms with Gasteiger partial charge in [-0.3, -0.25) is 4.99 Å². The predicted molar refractivity (Wildman–Crippen MR) is 105 cm³/mol. The number of hydrogen-bond acceptors (Lipinski definition) is 2. The molecule has 2 N–H and O–H groups in total. The van der Waals surface area contributed by atoms with Crippen molar-refractivity contribution in [3.05, 3.63) is 35.4 Å². The number of methoxy groups -OCH3 is 1. The van der Waals surface area contributed by atoms with Gasteiger partial charge in [0.15, 0.2) is 5.96 Å². The molecule has 126 valence electrons. The van der Waals surface area contributed by atoms with E-state index in [1.165, 1.54) is 11.1 Å². The van der Waals surface area contributed by atoms with Gasteiger partial charge in [0.25, 0.3) is 0 Å². The van der Waals surface area contributed by atoms with Crippen LogP contribution in [-0.2, 0) is 10.2 Å². The van der Waals surface area contributed by atoms with Crippen LogP contribution in [0.1, 0.15) is 31.9 Å². The Balaban J connectivity index is 0.00000441. The Morgan fingerprint density at radius 2 is 1.82 bits per heavy atom. The molecule has 0 saturated carbocycles. The van der Waals surface area contributed by atoms with E-state index in [9.17, 15) is 0 Å². The maximum atomic E-state index is 5.05. The molecule has 0 saturated heterocycles. The number of aryl methyl sites for hydroxylation is 1. The van der Waals surface area contributed by atoms with Crippen molar-refractivity contribution in [3.63, 3.8) is 0 Å². The summed E-state index contributed by atoms with van der Waals surface area (Å²) in [6.45, 7) is 11.6. The molecule has 5 heteroatoms. The number of nitrogens with zero attached hydrogens (tertiary/aromatic N) is 1. The number of benzene rings is 1. The minimum absolute atomic E-state index is 0. The Morgan fingerprint density at radius 1 is 1.18 bits per heavy atom. The smallest absolute Gasteiger partial charge is 0.191 e. The maximum Gasteiger partial charge on any atom is 0.191 e. The Labute approximate surface area is 152 Å². The van der Waals surface area contributed by atoms with E-state index in [0.717, 1.165) is 25.6 Å². The SMILES string of the molecule is CCNC(=NCC(C)(C)c1ccc(C)cc1)NCCOC.I. The van der Waals surface area contributed by atoms with Crippen molar-refractivity contribution in [2.75, 3.05) is 33.4 Å². The second-order valence-corrected chi connectivity index (χ2v) is 5.86. The summed E-state index contributed by atoms with van der Waals surface area (Å²) >= 11 is 0. The van der Waals surface area contributed by atoms with Crippen molar-refractivity contribution in [3.8, 4) is 0 Å². The van der Waals surface area contributed by atoms with Gasteiger partial charge in [-0.15, -0.1) is 24.0 Å². The van der Waals surface area contributed by atoms with E-state index >= 15 is 0 Å². The Morgan fingerprint density at radius 3 is 2.36 bits per heavy atom. The van der Waals surface area contributed by atoms with Gasteiger partial charge >= 0.3 is 0 Å². The van der Waals surface area contributed by atoms with Gasteiger partial charge < -0.3 is 15.4 Å². The lowest BCUT2D eigenvalue weighted by molar-refractivity contribution is 0.203. The molecule has 0 aliphatic heterocycles. The zero-order valence-electron chi connectivity index (χ0n) is 14.4. The van der Waals surface area contributed by atoms with Crippen LogP contribution in [0.2, 0.25) is 0 Å². The molecule has 0 unspecified atom stereocenters. The molecule has 4 nitrogen and oxygen atoms in total. The summed E-state index contributed by atoms with van der Waals surface area (Å²) in [6, 6.07) is 8.69. The van der Waals surface area contributed by atoms with Gasteiger partial charge in [-0.25, -0.2) is 0 Å². The summed E-state index contributed by atoms with van der Waals surface area (Å²) in [5, 5.41) is 6.53. The first-order valence-electron chi connectivity index (χ1n) is 7.58. The van der Waals surface area contributed by atoms with Gasteiger partial charge in [-0.05, 0) is 19.4 Å². The minimum Gasteiger partial charge on any atom is -0.383 e. The number of ether oxygens (including phenoxy) is 1. The highest BCUT2D eigenvalue weighted by Crippen LogP contribution is 2.23. The van der Waals surface area contributed by atoms with Crippen LogP contribution in [0, 0.1) is 6.92 Å². The summed E-state index contributed by atoms with van der Waals surface area (Å²) in [6.07, 6.45) is 0. The number of halogens is 1. The highest BCUT2D eigenvalue weighted by molar-refractivity contribution is 14.0. The largest absolute Gasteiger partial charge is 0.383 e. The van der Waals surface area contributed by atoms with Gasteiger partial charge in [-0.2, -0.15) is 0 Å². The molecular weight excluding hydrogens is 389 g/mol. The Hall–Kier alpha value is -0.820. The average Bonchev–Trinajstić information content (AvgIpc) is 2.45. The molecule has 22 heavy (non-hydrogen) atoms. The fraction of sp³-hybridized carbons (Fsp3) is 0.588. The van der Waals surface area contributed by atoms with Crippen molar-refractivity contribution in [2.24, 2.45) is 4.99 Å².